The predicted octanol–water partition coefficient (Wildman–Crippen LogP) is 2.13. The average Bonchev–Trinajstić information content (AvgIpc) is 2.79. The lowest BCUT2D eigenvalue weighted by Crippen LogP contribution is -2.04. The lowest BCUT2D eigenvalue weighted by molar-refractivity contribution is -0.0498. The second-order valence-corrected chi connectivity index (χ2v) is 3.56. The first-order chi connectivity index (χ1) is 9.17. The van der Waals surface area contributed by atoms with Crippen LogP contribution in [0.5, 0.6) is 5.75 Å². The van der Waals surface area contributed by atoms with Crippen LogP contribution in [0.15, 0.2) is 28.7 Å². The molecule has 0 atom stereocenters. The summed E-state index contributed by atoms with van der Waals surface area (Å²) in [5, 5.41) is 13.3. The third-order valence-electron chi connectivity index (χ3n) is 2.13. The van der Waals surface area contributed by atoms with Gasteiger partial charge in [0.15, 0.2) is 0 Å². The van der Waals surface area contributed by atoms with Crippen molar-refractivity contribution in [1.82, 2.24) is 15.5 Å². The topological polar surface area (TPSA) is 72.2 Å². The standard InChI is InChI=1S/C11H12F2N4O2/c1-14-6-9-16-17-11(19-9)15-7-2-4-8(5-3-7)18-10(12)13/h2-5,10,14H,6H2,1H3,(H,15,17). The molecule has 0 aliphatic carbocycles. The normalized spacial score (nSPS) is 10.7. The van der Waals surface area contributed by atoms with Crippen LogP contribution >= 0.6 is 0 Å². The van der Waals surface area contributed by atoms with Crippen LogP contribution in [0.1, 0.15) is 5.89 Å². The van der Waals surface area contributed by atoms with Gasteiger partial charge in [0.05, 0.1) is 6.54 Å². The number of hydrogen-bond donors (Lipinski definition) is 2. The van der Waals surface area contributed by atoms with E-state index in [1.54, 1.807) is 19.2 Å². The molecule has 2 rings (SSSR count). The van der Waals surface area contributed by atoms with E-state index in [1.807, 2.05) is 0 Å². The van der Waals surface area contributed by atoms with E-state index in [4.69, 9.17) is 4.42 Å². The Balaban J connectivity index is 1.98. The molecule has 102 valence electrons. The van der Waals surface area contributed by atoms with Crippen molar-refractivity contribution < 1.29 is 17.9 Å². The van der Waals surface area contributed by atoms with Gasteiger partial charge in [0, 0.05) is 5.69 Å². The summed E-state index contributed by atoms with van der Waals surface area (Å²) < 4.78 is 33.4. The first-order valence-corrected chi connectivity index (χ1v) is 5.46. The molecule has 0 fully saturated rings. The van der Waals surface area contributed by atoms with E-state index in [1.165, 1.54) is 12.1 Å². The zero-order chi connectivity index (χ0) is 13.7. The fraction of sp³-hybridized carbons (Fsp3) is 0.273. The maximum absolute atomic E-state index is 12.0. The van der Waals surface area contributed by atoms with Crippen molar-refractivity contribution in [1.29, 1.82) is 0 Å². The monoisotopic (exact) mass is 270 g/mol. The van der Waals surface area contributed by atoms with Crippen molar-refractivity contribution >= 4 is 11.7 Å². The third-order valence-corrected chi connectivity index (χ3v) is 2.13. The van der Waals surface area contributed by atoms with Gasteiger partial charge in [-0.3, -0.25) is 0 Å². The Kier molecular flexibility index (Phi) is 4.24. The van der Waals surface area contributed by atoms with Crippen LogP contribution in [0, 0.1) is 0 Å². The number of ether oxygens (including phenoxy) is 1. The fourth-order valence-electron chi connectivity index (χ4n) is 1.37. The summed E-state index contributed by atoms with van der Waals surface area (Å²) in [5.41, 5.74) is 0.626. The molecule has 2 N–H and O–H groups in total. The SMILES string of the molecule is CNCc1nnc(Nc2ccc(OC(F)F)cc2)o1. The van der Waals surface area contributed by atoms with Crippen molar-refractivity contribution in [3.8, 4) is 5.75 Å². The first-order valence-electron chi connectivity index (χ1n) is 5.46. The molecule has 0 saturated heterocycles. The molecule has 0 amide bonds. The first kappa shape index (κ1) is 13.2. The maximum Gasteiger partial charge on any atom is 0.387 e. The van der Waals surface area contributed by atoms with E-state index in [0.29, 0.717) is 18.1 Å². The largest absolute Gasteiger partial charge is 0.435 e. The van der Waals surface area contributed by atoms with Crippen LogP contribution in [0.3, 0.4) is 0 Å². The number of alkyl halides is 2. The summed E-state index contributed by atoms with van der Waals surface area (Å²) in [6.07, 6.45) is 0. The molecule has 8 heteroatoms. The van der Waals surface area contributed by atoms with Crippen LogP contribution in [0.4, 0.5) is 20.5 Å². The number of benzene rings is 1. The molecule has 0 radical (unpaired) electrons. The van der Waals surface area contributed by atoms with Gasteiger partial charge >= 0.3 is 12.6 Å². The molecule has 0 saturated carbocycles. The number of hydrogen-bond acceptors (Lipinski definition) is 6. The van der Waals surface area contributed by atoms with Gasteiger partial charge in [-0.1, -0.05) is 5.10 Å². The van der Waals surface area contributed by atoms with Gasteiger partial charge < -0.3 is 19.8 Å². The molecule has 0 spiro atoms. The number of anilines is 2. The van der Waals surface area contributed by atoms with E-state index in [2.05, 4.69) is 25.6 Å². The average molecular weight is 270 g/mol. The van der Waals surface area contributed by atoms with Crippen molar-refractivity contribution in [3.63, 3.8) is 0 Å². The van der Waals surface area contributed by atoms with Gasteiger partial charge in [0.2, 0.25) is 5.89 Å². The van der Waals surface area contributed by atoms with Crippen molar-refractivity contribution in [2.75, 3.05) is 12.4 Å². The predicted molar refractivity (Wildman–Crippen MR) is 63.4 cm³/mol. The van der Waals surface area contributed by atoms with E-state index < -0.39 is 6.61 Å². The molecule has 0 unspecified atom stereocenters. The Morgan fingerprint density at radius 3 is 2.63 bits per heavy atom. The van der Waals surface area contributed by atoms with E-state index >= 15 is 0 Å². The second-order valence-electron chi connectivity index (χ2n) is 3.56. The third kappa shape index (κ3) is 3.88. The highest BCUT2D eigenvalue weighted by Gasteiger charge is 2.06. The molecule has 2 aromatic rings. The van der Waals surface area contributed by atoms with Gasteiger partial charge in [-0.2, -0.15) is 8.78 Å². The Hall–Kier alpha value is -2.22. The molecule has 0 bridgehead atoms. The highest BCUT2D eigenvalue weighted by Crippen LogP contribution is 2.20. The number of nitrogens with one attached hydrogen (secondary N) is 2. The minimum atomic E-state index is -2.83. The molecule has 1 aromatic heterocycles. The van der Waals surface area contributed by atoms with Gasteiger partial charge in [-0.15, -0.1) is 5.10 Å². The minimum Gasteiger partial charge on any atom is -0.435 e. The minimum absolute atomic E-state index is 0.0851. The molecule has 0 aliphatic heterocycles. The molecular formula is C11H12F2N4O2. The van der Waals surface area contributed by atoms with E-state index in [-0.39, 0.29) is 11.8 Å². The fourth-order valence-corrected chi connectivity index (χ4v) is 1.37. The van der Waals surface area contributed by atoms with Crippen LogP contribution < -0.4 is 15.4 Å². The van der Waals surface area contributed by atoms with Crippen LogP contribution in [0.2, 0.25) is 0 Å². The highest BCUT2D eigenvalue weighted by atomic mass is 19.3. The smallest absolute Gasteiger partial charge is 0.387 e. The van der Waals surface area contributed by atoms with E-state index in [0.717, 1.165) is 0 Å². The zero-order valence-corrected chi connectivity index (χ0v) is 10.1. The lowest BCUT2D eigenvalue weighted by atomic mass is 10.3. The Bertz CT molecular complexity index is 516. The highest BCUT2D eigenvalue weighted by molar-refractivity contribution is 5.53. The quantitative estimate of drug-likeness (QED) is 0.837. The van der Waals surface area contributed by atoms with Crippen molar-refractivity contribution in [2.24, 2.45) is 0 Å². The summed E-state index contributed by atoms with van der Waals surface area (Å²) in [5.74, 6) is 0.532. The van der Waals surface area contributed by atoms with E-state index in [9.17, 15) is 8.78 Å². The lowest BCUT2D eigenvalue weighted by Gasteiger charge is -2.05. The summed E-state index contributed by atoms with van der Waals surface area (Å²) in [6, 6.07) is 6.20. The number of aromatic nitrogens is 2. The Morgan fingerprint density at radius 2 is 2.00 bits per heavy atom. The number of rotatable bonds is 6. The molecule has 1 heterocycles. The van der Waals surface area contributed by atoms with Gasteiger partial charge in [0.1, 0.15) is 5.75 Å². The molecule has 0 aliphatic rings. The van der Waals surface area contributed by atoms with Gasteiger partial charge in [-0.05, 0) is 31.3 Å². The number of halogens is 2. The Morgan fingerprint density at radius 1 is 1.26 bits per heavy atom. The summed E-state index contributed by atoms with van der Waals surface area (Å²) in [6.45, 7) is -2.37. The van der Waals surface area contributed by atoms with Crippen LogP contribution in [-0.4, -0.2) is 23.9 Å². The molecule has 1 aromatic carbocycles. The molecular weight excluding hydrogens is 258 g/mol. The second kappa shape index (κ2) is 6.10. The van der Waals surface area contributed by atoms with Crippen molar-refractivity contribution in [2.45, 2.75) is 13.2 Å². The maximum atomic E-state index is 12.0. The van der Waals surface area contributed by atoms with Crippen LogP contribution in [-0.2, 0) is 6.54 Å². The van der Waals surface area contributed by atoms with Gasteiger partial charge in [-0.25, -0.2) is 0 Å². The Labute approximate surface area is 107 Å². The molecule has 19 heavy (non-hydrogen) atoms. The van der Waals surface area contributed by atoms with Gasteiger partial charge in [0.25, 0.3) is 0 Å². The zero-order valence-electron chi connectivity index (χ0n) is 10.1. The van der Waals surface area contributed by atoms with Crippen LogP contribution in [0.25, 0.3) is 0 Å². The molecule has 6 nitrogen and oxygen atoms in total. The van der Waals surface area contributed by atoms with Crippen molar-refractivity contribution in [3.05, 3.63) is 30.2 Å². The summed E-state index contributed by atoms with van der Waals surface area (Å²) in [7, 11) is 1.76. The summed E-state index contributed by atoms with van der Waals surface area (Å²) >= 11 is 0. The number of nitrogens with zero attached hydrogens (tertiary/aromatic N) is 2. The summed E-state index contributed by atoms with van der Waals surface area (Å²) in [4.78, 5) is 0.